The second-order valence-corrected chi connectivity index (χ2v) is 6.99. The fourth-order valence-electron chi connectivity index (χ4n) is 2.35. The van der Waals surface area contributed by atoms with E-state index < -0.39 is 37.9 Å². The molecule has 0 amide bonds. The van der Waals surface area contributed by atoms with E-state index >= 15 is 0 Å². The van der Waals surface area contributed by atoms with E-state index in [0.717, 1.165) is 10.9 Å². The molecule has 1 saturated heterocycles. The second kappa shape index (κ2) is 5.88. The monoisotopic (exact) mass is 381 g/mol. The number of phosphoric ester groups is 1. The molecule has 1 aliphatic rings. The van der Waals surface area contributed by atoms with Crippen LogP contribution in [0.5, 0.6) is 0 Å². The Morgan fingerprint density at radius 3 is 2.88 bits per heavy atom. The van der Waals surface area contributed by atoms with Gasteiger partial charge >= 0.3 is 7.82 Å². The first kappa shape index (κ1) is 17.5. The standard InChI is InChI=1S/C10H13FN5O6PS/c11-10(24)6(17)4(1-21-23(18,19)20)22-9(10)16-3-15-5-7(12)13-2-14-8(5)16/h2-4,6,9,17,24H,1H2,(H2,12,13,14)(H2,18,19,20)/t4-,6-,9-,10-/m1/s1. The number of alkyl halides is 1. The molecule has 2 aromatic rings. The fraction of sp³-hybridized carbons (Fsp3) is 0.500. The van der Waals surface area contributed by atoms with Gasteiger partial charge in [0.25, 0.3) is 0 Å². The van der Waals surface area contributed by atoms with Crippen molar-refractivity contribution in [3.63, 3.8) is 0 Å². The van der Waals surface area contributed by atoms with Crippen molar-refractivity contribution in [3.8, 4) is 0 Å². The van der Waals surface area contributed by atoms with Crippen molar-refractivity contribution in [3.05, 3.63) is 12.7 Å². The highest BCUT2D eigenvalue weighted by Gasteiger charge is 2.56. The smallest absolute Gasteiger partial charge is 0.386 e. The van der Waals surface area contributed by atoms with Gasteiger partial charge in [-0.3, -0.25) is 9.09 Å². The summed E-state index contributed by atoms with van der Waals surface area (Å²) in [5, 5.41) is 7.41. The van der Waals surface area contributed by atoms with Crippen molar-refractivity contribution >= 4 is 37.4 Å². The van der Waals surface area contributed by atoms with Crippen LogP contribution in [0, 0.1) is 0 Å². The number of hydrogen-bond donors (Lipinski definition) is 5. The van der Waals surface area contributed by atoms with E-state index in [1.54, 1.807) is 0 Å². The van der Waals surface area contributed by atoms with Gasteiger partial charge in [0.2, 0.25) is 5.00 Å². The third kappa shape index (κ3) is 2.99. The minimum atomic E-state index is -4.81. The second-order valence-electron chi connectivity index (χ2n) is 5.07. The van der Waals surface area contributed by atoms with E-state index in [1.807, 2.05) is 0 Å². The van der Waals surface area contributed by atoms with E-state index in [2.05, 4.69) is 32.1 Å². The average molecular weight is 381 g/mol. The van der Waals surface area contributed by atoms with Crippen molar-refractivity contribution in [2.24, 2.45) is 0 Å². The lowest BCUT2D eigenvalue weighted by atomic mass is 10.1. The van der Waals surface area contributed by atoms with Gasteiger partial charge in [0, 0.05) is 0 Å². The van der Waals surface area contributed by atoms with Gasteiger partial charge in [-0.2, -0.15) is 0 Å². The number of nitrogens with two attached hydrogens (primary N) is 1. The van der Waals surface area contributed by atoms with Gasteiger partial charge < -0.3 is 25.4 Å². The van der Waals surface area contributed by atoms with Crippen LogP contribution in [-0.4, -0.2) is 58.2 Å². The number of rotatable bonds is 4. The van der Waals surface area contributed by atoms with Gasteiger partial charge in [-0.15, -0.1) is 12.6 Å². The largest absolute Gasteiger partial charge is 0.469 e. The number of fused-ring (bicyclic) bond motifs is 1. The molecule has 24 heavy (non-hydrogen) atoms. The summed E-state index contributed by atoms with van der Waals surface area (Å²) < 4.78 is 36.3. The molecule has 11 nitrogen and oxygen atoms in total. The molecule has 0 bridgehead atoms. The van der Waals surface area contributed by atoms with Crippen molar-refractivity contribution in [2.45, 2.75) is 23.4 Å². The highest BCUT2D eigenvalue weighted by molar-refractivity contribution is 7.81. The zero-order valence-electron chi connectivity index (χ0n) is 11.8. The third-order valence-electron chi connectivity index (χ3n) is 3.46. The highest BCUT2D eigenvalue weighted by atomic mass is 32.1. The van der Waals surface area contributed by atoms with Gasteiger partial charge in [-0.1, -0.05) is 0 Å². The van der Waals surface area contributed by atoms with Gasteiger partial charge in [0.05, 0.1) is 12.9 Å². The molecule has 132 valence electrons. The fourth-order valence-corrected chi connectivity index (χ4v) is 3.04. The summed E-state index contributed by atoms with van der Waals surface area (Å²) in [6.07, 6.45) is -2.35. The summed E-state index contributed by atoms with van der Waals surface area (Å²) in [6.45, 7) is -0.738. The average Bonchev–Trinajstić information content (AvgIpc) is 2.99. The number of nitrogen functional groups attached to an aromatic ring is 1. The number of aliphatic hydroxyl groups excluding tert-OH is 1. The topological polar surface area (TPSA) is 166 Å². The molecule has 0 radical (unpaired) electrons. The number of phosphoric acid groups is 1. The number of ether oxygens (including phenoxy) is 1. The van der Waals surface area contributed by atoms with Crippen molar-refractivity contribution in [1.29, 1.82) is 0 Å². The maximum absolute atomic E-state index is 14.8. The maximum atomic E-state index is 14.8. The van der Waals surface area contributed by atoms with Crippen LogP contribution >= 0.6 is 20.5 Å². The molecule has 0 aromatic carbocycles. The summed E-state index contributed by atoms with van der Waals surface area (Å²) >= 11 is 3.79. The van der Waals surface area contributed by atoms with Gasteiger partial charge in [0.1, 0.15) is 24.1 Å². The first-order valence-electron chi connectivity index (χ1n) is 6.49. The van der Waals surface area contributed by atoms with Gasteiger partial charge in [-0.25, -0.2) is 23.9 Å². The Labute approximate surface area is 139 Å². The third-order valence-corrected chi connectivity index (χ3v) is 4.43. The Morgan fingerprint density at radius 1 is 1.50 bits per heavy atom. The minimum absolute atomic E-state index is 0.0716. The maximum Gasteiger partial charge on any atom is 0.469 e. The number of aromatic nitrogens is 4. The number of thiol groups is 1. The van der Waals surface area contributed by atoms with E-state index in [4.69, 9.17) is 20.3 Å². The van der Waals surface area contributed by atoms with Crippen LogP contribution in [0.4, 0.5) is 10.2 Å². The summed E-state index contributed by atoms with van der Waals surface area (Å²) in [5.41, 5.74) is 6.00. The molecule has 14 heteroatoms. The Balaban J connectivity index is 1.92. The zero-order chi connectivity index (χ0) is 17.7. The van der Waals surface area contributed by atoms with Gasteiger partial charge in [-0.05, 0) is 0 Å². The highest BCUT2D eigenvalue weighted by Crippen LogP contribution is 2.46. The number of anilines is 1. The lowest BCUT2D eigenvalue weighted by Gasteiger charge is -2.23. The molecule has 4 atom stereocenters. The lowest BCUT2D eigenvalue weighted by molar-refractivity contribution is -0.0467. The Hall–Kier alpha value is -1.34. The molecular weight excluding hydrogens is 368 g/mol. The minimum Gasteiger partial charge on any atom is -0.386 e. The molecule has 0 aliphatic carbocycles. The Kier molecular flexibility index (Phi) is 4.28. The molecule has 1 fully saturated rings. The van der Waals surface area contributed by atoms with Crippen LogP contribution in [-0.2, 0) is 13.8 Å². The molecule has 0 unspecified atom stereocenters. The van der Waals surface area contributed by atoms with E-state index in [-0.39, 0.29) is 17.0 Å². The number of imidazole rings is 1. The van der Waals surface area contributed by atoms with Crippen molar-refractivity contribution in [1.82, 2.24) is 19.5 Å². The SMILES string of the molecule is Nc1ncnc2c1ncn2[C@@H]1O[C@H](COP(=O)(O)O)[C@@H](O)[C@@]1(F)S. The van der Waals surface area contributed by atoms with E-state index in [1.165, 1.54) is 6.33 Å². The van der Waals surface area contributed by atoms with E-state index in [0.29, 0.717) is 0 Å². The Morgan fingerprint density at radius 2 is 2.21 bits per heavy atom. The molecule has 1 aliphatic heterocycles. The number of aliphatic hydroxyl groups is 1. The molecule has 3 heterocycles. The van der Waals surface area contributed by atoms with Crippen molar-refractivity contribution < 1.29 is 33.1 Å². The van der Waals surface area contributed by atoms with Crippen LogP contribution in [0.25, 0.3) is 11.2 Å². The van der Waals surface area contributed by atoms with E-state index in [9.17, 15) is 14.1 Å². The quantitative estimate of drug-likeness (QED) is 0.340. The van der Waals surface area contributed by atoms with Crippen molar-refractivity contribution in [2.75, 3.05) is 12.3 Å². The van der Waals surface area contributed by atoms with Crippen LogP contribution < -0.4 is 5.73 Å². The molecule has 0 spiro atoms. The lowest BCUT2D eigenvalue weighted by Crippen LogP contribution is -2.38. The summed E-state index contributed by atoms with van der Waals surface area (Å²) in [7, 11) is -4.81. The Bertz CT molecular complexity index is 814. The normalized spacial score (nSPS) is 31.0. The zero-order valence-corrected chi connectivity index (χ0v) is 13.6. The number of halogens is 1. The van der Waals surface area contributed by atoms with Gasteiger partial charge in [0.15, 0.2) is 17.7 Å². The molecule has 2 aromatic heterocycles. The number of hydrogen-bond acceptors (Lipinski definition) is 9. The van der Waals surface area contributed by atoms with Crippen LogP contribution in [0.15, 0.2) is 12.7 Å². The van der Waals surface area contributed by atoms with Crippen LogP contribution in [0.1, 0.15) is 6.23 Å². The van der Waals surface area contributed by atoms with Crippen LogP contribution in [0.2, 0.25) is 0 Å². The molecule has 5 N–H and O–H groups in total. The molecular formula is C10H13FN5O6PS. The van der Waals surface area contributed by atoms with Crippen LogP contribution in [0.3, 0.4) is 0 Å². The summed E-state index contributed by atoms with van der Waals surface area (Å²) in [4.78, 5) is 29.1. The predicted molar refractivity (Wildman–Crippen MR) is 80.5 cm³/mol. The summed E-state index contributed by atoms with van der Waals surface area (Å²) in [6, 6.07) is 0. The number of nitrogens with zero attached hydrogens (tertiary/aromatic N) is 4. The first-order chi connectivity index (χ1) is 11.1. The first-order valence-corrected chi connectivity index (χ1v) is 8.47. The predicted octanol–water partition coefficient (Wildman–Crippen LogP) is -0.628. The molecule has 0 saturated carbocycles. The molecule has 3 rings (SSSR count). The summed E-state index contributed by atoms with van der Waals surface area (Å²) in [5.74, 6) is 0.0716.